The highest BCUT2D eigenvalue weighted by molar-refractivity contribution is 5.39. The van der Waals surface area contributed by atoms with Crippen LogP contribution >= 0.6 is 0 Å². The van der Waals surface area contributed by atoms with Crippen LogP contribution in [0.15, 0.2) is 30.6 Å². The number of hydrogen-bond acceptors (Lipinski definition) is 3. The van der Waals surface area contributed by atoms with Gasteiger partial charge >= 0.3 is 0 Å². The topological polar surface area (TPSA) is 39.1 Å². The maximum absolute atomic E-state index is 5.81. The van der Waals surface area contributed by atoms with Crippen LogP contribution in [0.4, 0.5) is 0 Å². The molecule has 1 aromatic heterocycles. The molecule has 0 bridgehead atoms. The molecule has 1 heterocycles. The maximum atomic E-state index is 5.81. The summed E-state index contributed by atoms with van der Waals surface area (Å²) in [5.41, 5.74) is 2.38. The number of nitrogens with one attached hydrogen (secondary N) is 1. The number of hydrogen-bond donors (Lipinski definition) is 1. The van der Waals surface area contributed by atoms with Crippen molar-refractivity contribution in [3.05, 3.63) is 41.7 Å². The molecule has 0 saturated heterocycles. The van der Waals surface area contributed by atoms with E-state index in [9.17, 15) is 0 Å². The summed E-state index contributed by atoms with van der Waals surface area (Å²) < 4.78 is 7.54. The van der Waals surface area contributed by atoms with Crippen molar-refractivity contribution in [1.82, 2.24) is 15.1 Å². The second-order valence-electron chi connectivity index (χ2n) is 4.09. The Kier molecular flexibility index (Phi) is 3.44. The van der Waals surface area contributed by atoms with Crippen molar-refractivity contribution in [2.45, 2.75) is 13.5 Å². The summed E-state index contributed by atoms with van der Waals surface area (Å²) in [5.74, 6) is 1.63. The predicted molar refractivity (Wildman–Crippen MR) is 67.2 cm³/mol. The Bertz CT molecular complexity index is 505. The summed E-state index contributed by atoms with van der Waals surface area (Å²) in [4.78, 5) is 0. The van der Waals surface area contributed by atoms with E-state index in [4.69, 9.17) is 4.74 Å². The summed E-state index contributed by atoms with van der Waals surface area (Å²) in [5, 5.41) is 7.22. The van der Waals surface area contributed by atoms with Crippen molar-refractivity contribution in [1.29, 1.82) is 0 Å². The minimum Gasteiger partial charge on any atom is -0.454 e. The number of rotatable bonds is 4. The highest BCUT2D eigenvalue weighted by Gasteiger charge is 2.06. The van der Waals surface area contributed by atoms with Gasteiger partial charge in [0.1, 0.15) is 5.75 Å². The van der Waals surface area contributed by atoms with Gasteiger partial charge in [0.15, 0.2) is 5.75 Å². The van der Waals surface area contributed by atoms with Gasteiger partial charge in [0, 0.05) is 19.2 Å². The molecule has 0 radical (unpaired) electrons. The van der Waals surface area contributed by atoms with Gasteiger partial charge in [0.2, 0.25) is 0 Å². The van der Waals surface area contributed by atoms with Gasteiger partial charge in [-0.05, 0) is 20.0 Å². The molecule has 0 spiro atoms. The molecule has 0 atom stereocenters. The second-order valence-corrected chi connectivity index (χ2v) is 4.09. The first-order chi connectivity index (χ1) is 8.19. The lowest BCUT2D eigenvalue weighted by molar-refractivity contribution is 0.473. The van der Waals surface area contributed by atoms with Crippen LogP contribution in [0.5, 0.6) is 11.5 Å². The lowest BCUT2D eigenvalue weighted by Crippen LogP contribution is -2.06. The van der Waals surface area contributed by atoms with Crippen molar-refractivity contribution in [2.75, 3.05) is 7.05 Å². The van der Waals surface area contributed by atoms with E-state index in [1.54, 1.807) is 10.9 Å². The molecule has 0 amide bonds. The Morgan fingerprint density at radius 3 is 2.88 bits per heavy atom. The number of aryl methyl sites for hydroxylation is 2. The zero-order chi connectivity index (χ0) is 12.3. The molecule has 17 heavy (non-hydrogen) atoms. The van der Waals surface area contributed by atoms with E-state index in [1.807, 2.05) is 32.4 Å². The SMILES string of the molecule is CNCc1cc(C)ccc1Oc1cnn(C)c1. The lowest BCUT2D eigenvalue weighted by Gasteiger charge is -2.10. The molecular formula is C13H17N3O. The highest BCUT2D eigenvalue weighted by Crippen LogP contribution is 2.25. The molecule has 0 aliphatic carbocycles. The maximum Gasteiger partial charge on any atom is 0.165 e. The van der Waals surface area contributed by atoms with Gasteiger partial charge in [-0.15, -0.1) is 0 Å². The Hall–Kier alpha value is -1.81. The molecule has 0 aliphatic rings. The van der Waals surface area contributed by atoms with Crippen LogP contribution in [-0.2, 0) is 13.6 Å². The van der Waals surface area contributed by atoms with Gasteiger partial charge in [-0.1, -0.05) is 17.7 Å². The van der Waals surface area contributed by atoms with Gasteiger partial charge in [-0.3, -0.25) is 4.68 Å². The van der Waals surface area contributed by atoms with Crippen LogP contribution in [0.3, 0.4) is 0 Å². The number of aromatic nitrogens is 2. The average molecular weight is 231 g/mol. The Labute approximate surface area is 101 Å². The minimum absolute atomic E-state index is 0.758. The fourth-order valence-corrected chi connectivity index (χ4v) is 1.71. The van der Waals surface area contributed by atoms with Gasteiger partial charge in [0.05, 0.1) is 12.4 Å². The number of benzene rings is 1. The van der Waals surface area contributed by atoms with Gasteiger partial charge in [-0.25, -0.2) is 0 Å². The summed E-state index contributed by atoms with van der Waals surface area (Å²) in [7, 11) is 3.80. The van der Waals surface area contributed by atoms with Crippen LogP contribution < -0.4 is 10.1 Å². The van der Waals surface area contributed by atoms with Crippen molar-refractivity contribution in [3.63, 3.8) is 0 Å². The standard InChI is InChI=1S/C13H17N3O/c1-10-4-5-13(11(6-10)7-14-2)17-12-8-15-16(3)9-12/h4-6,8-9,14H,7H2,1-3H3. The quantitative estimate of drug-likeness (QED) is 0.877. The minimum atomic E-state index is 0.758. The first-order valence-electron chi connectivity index (χ1n) is 5.59. The second kappa shape index (κ2) is 5.01. The molecule has 2 rings (SSSR count). The Balaban J connectivity index is 2.25. The molecular weight excluding hydrogens is 214 g/mol. The van der Waals surface area contributed by atoms with E-state index >= 15 is 0 Å². The third kappa shape index (κ3) is 2.85. The normalized spacial score (nSPS) is 10.5. The molecule has 0 saturated carbocycles. The highest BCUT2D eigenvalue weighted by atomic mass is 16.5. The first kappa shape index (κ1) is 11.7. The number of nitrogens with zero attached hydrogens (tertiary/aromatic N) is 2. The van der Waals surface area contributed by atoms with Crippen molar-refractivity contribution in [3.8, 4) is 11.5 Å². The van der Waals surface area contributed by atoms with Crippen molar-refractivity contribution >= 4 is 0 Å². The number of ether oxygens (including phenoxy) is 1. The summed E-state index contributed by atoms with van der Waals surface area (Å²) in [6.45, 7) is 2.87. The van der Waals surface area contributed by atoms with Gasteiger partial charge in [0.25, 0.3) is 0 Å². The molecule has 0 unspecified atom stereocenters. The summed E-state index contributed by atoms with van der Waals surface area (Å²) >= 11 is 0. The predicted octanol–water partition coefficient (Wildman–Crippen LogP) is 2.24. The van der Waals surface area contributed by atoms with Crippen LogP contribution in [0.1, 0.15) is 11.1 Å². The summed E-state index contributed by atoms with van der Waals surface area (Å²) in [6, 6.07) is 6.17. The zero-order valence-electron chi connectivity index (χ0n) is 10.4. The van der Waals surface area contributed by atoms with E-state index in [2.05, 4.69) is 23.4 Å². The van der Waals surface area contributed by atoms with E-state index < -0.39 is 0 Å². The first-order valence-corrected chi connectivity index (χ1v) is 5.59. The van der Waals surface area contributed by atoms with E-state index in [0.717, 1.165) is 23.6 Å². The average Bonchev–Trinajstić information content (AvgIpc) is 2.69. The van der Waals surface area contributed by atoms with Crippen molar-refractivity contribution < 1.29 is 4.74 Å². The van der Waals surface area contributed by atoms with Crippen LogP contribution in [-0.4, -0.2) is 16.8 Å². The third-order valence-electron chi connectivity index (χ3n) is 2.49. The molecule has 90 valence electrons. The van der Waals surface area contributed by atoms with Crippen LogP contribution in [0, 0.1) is 6.92 Å². The molecule has 1 N–H and O–H groups in total. The fraction of sp³-hybridized carbons (Fsp3) is 0.308. The lowest BCUT2D eigenvalue weighted by atomic mass is 10.1. The Morgan fingerprint density at radius 1 is 1.41 bits per heavy atom. The van der Waals surface area contributed by atoms with E-state index in [-0.39, 0.29) is 0 Å². The van der Waals surface area contributed by atoms with Gasteiger partial charge < -0.3 is 10.1 Å². The van der Waals surface area contributed by atoms with Crippen molar-refractivity contribution in [2.24, 2.45) is 7.05 Å². The van der Waals surface area contributed by atoms with E-state index in [0.29, 0.717) is 0 Å². The molecule has 0 fully saturated rings. The largest absolute Gasteiger partial charge is 0.454 e. The van der Waals surface area contributed by atoms with Crippen LogP contribution in [0.2, 0.25) is 0 Å². The zero-order valence-corrected chi connectivity index (χ0v) is 10.4. The molecule has 0 aliphatic heterocycles. The molecule has 4 heteroatoms. The molecule has 2 aromatic rings. The molecule has 1 aromatic carbocycles. The Morgan fingerprint density at radius 2 is 2.24 bits per heavy atom. The third-order valence-corrected chi connectivity index (χ3v) is 2.49. The van der Waals surface area contributed by atoms with Crippen LogP contribution in [0.25, 0.3) is 0 Å². The fourth-order valence-electron chi connectivity index (χ4n) is 1.71. The smallest absolute Gasteiger partial charge is 0.165 e. The molecule has 4 nitrogen and oxygen atoms in total. The van der Waals surface area contributed by atoms with Gasteiger partial charge in [-0.2, -0.15) is 5.10 Å². The monoisotopic (exact) mass is 231 g/mol. The van der Waals surface area contributed by atoms with E-state index in [1.165, 1.54) is 5.56 Å². The summed E-state index contributed by atoms with van der Waals surface area (Å²) in [6.07, 6.45) is 3.56.